The molecular formula is C7H16O4S. The van der Waals surface area contributed by atoms with Crippen LogP contribution in [0, 0.1) is 0 Å². The summed E-state index contributed by atoms with van der Waals surface area (Å²) in [6, 6.07) is 0. The van der Waals surface area contributed by atoms with E-state index in [1.807, 2.05) is 0 Å². The maximum absolute atomic E-state index is 9.19. The maximum atomic E-state index is 9.19. The number of aliphatic hydroxyl groups is 4. The van der Waals surface area contributed by atoms with Crippen LogP contribution in [0.5, 0.6) is 0 Å². The van der Waals surface area contributed by atoms with Gasteiger partial charge in [0.15, 0.2) is 0 Å². The molecule has 12 heavy (non-hydrogen) atoms. The lowest BCUT2D eigenvalue weighted by atomic mass is 10.0. The van der Waals surface area contributed by atoms with Crippen molar-refractivity contribution in [1.82, 2.24) is 0 Å². The molecule has 0 rings (SSSR count). The van der Waals surface area contributed by atoms with Gasteiger partial charge in [0.2, 0.25) is 0 Å². The van der Waals surface area contributed by atoms with Gasteiger partial charge in [-0.05, 0) is 19.1 Å². The fraction of sp³-hybridized carbons (Fsp3) is 1.00. The third-order valence-corrected chi connectivity index (χ3v) is 1.92. The topological polar surface area (TPSA) is 80.9 Å². The third-order valence-electron chi connectivity index (χ3n) is 1.66. The van der Waals surface area contributed by atoms with Crippen LogP contribution < -0.4 is 0 Å². The Morgan fingerprint density at radius 1 is 1.08 bits per heavy atom. The van der Waals surface area contributed by atoms with E-state index in [0.717, 1.165) is 0 Å². The Balaban J connectivity index is 3.90. The van der Waals surface area contributed by atoms with Crippen LogP contribution in [0.15, 0.2) is 0 Å². The van der Waals surface area contributed by atoms with Crippen molar-refractivity contribution in [2.24, 2.45) is 0 Å². The average molecular weight is 196 g/mol. The number of hydrogen-bond donors (Lipinski definition) is 5. The van der Waals surface area contributed by atoms with Crippen LogP contribution in [0.3, 0.4) is 0 Å². The van der Waals surface area contributed by atoms with Crippen LogP contribution in [-0.4, -0.2) is 50.6 Å². The normalized spacial score (nSPS) is 21.5. The zero-order chi connectivity index (χ0) is 9.72. The summed E-state index contributed by atoms with van der Waals surface area (Å²) in [5.74, 6) is 0.421. The predicted octanol–water partition coefficient (Wildman–Crippen LogP) is -1.23. The molecule has 0 aliphatic heterocycles. The van der Waals surface area contributed by atoms with E-state index in [4.69, 9.17) is 15.3 Å². The zero-order valence-electron chi connectivity index (χ0n) is 6.96. The van der Waals surface area contributed by atoms with Crippen LogP contribution in [-0.2, 0) is 0 Å². The third kappa shape index (κ3) is 3.73. The van der Waals surface area contributed by atoms with Crippen LogP contribution in [0.2, 0.25) is 0 Å². The minimum atomic E-state index is -1.31. The van der Waals surface area contributed by atoms with Gasteiger partial charge >= 0.3 is 0 Å². The molecule has 4 unspecified atom stereocenters. The van der Waals surface area contributed by atoms with Crippen LogP contribution >= 0.6 is 12.6 Å². The van der Waals surface area contributed by atoms with Crippen LogP contribution in [0.25, 0.3) is 0 Å². The molecule has 4 nitrogen and oxygen atoms in total. The highest BCUT2D eigenvalue weighted by molar-refractivity contribution is 7.80. The first kappa shape index (κ1) is 12.2. The number of aliphatic hydroxyl groups excluding tert-OH is 4. The average Bonchev–Trinajstić information content (AvgIpc) is 2.02. The number of thiol groups is 1. The summed E-state index contributed by atoms with van der Waals surface area (Å²) in [6.45, 7) is 1.35. The van der Waals surface area contributed by atoms with Gasteiger partial charge in [-0.1, -0.05) is 0 Å². The molecule has 0 heterocycles. The molecule has 0 radical (unpaired) electrons. The first-order valence-electron chi connectivity index (χ1n) is 3.83. The molecule has 0 saturated heterocycles. The minimum absolute atomic E-state index is 0.286. The summed E-state index contributed by atoms with van der Waals surface area (Å²) in [5, 5.41) is 36.3. The smallest absolute Gasteiger partial charge is 0.108 e. The van der Waals surface area contributed by atoms with E-state index in [-0.39, 0.29) is 6.42 Å². The lowest BCUT2D eigenvalue weighted by Gasteiger charge is -2.24. The molecule has 4 atom stereocenters. The molecule has 0 saturated carbocycles. The summed E-state index contributed by atoms with van der Waals surface area (Å²) in [4.78, 5) is 0. The van der Waals surface area contributed by atoms with Crippen molar-refractivity contribution in [3.05, 3.63) is 0 Å². The Morgan fingerprint density at radius 3 is 1.92 bits per heavy atom. The van der Waals surface area contributed by atoms with Gasteiger partial charge in [-0.25, -0.2) is 0 Å². The van der Waals surface area contributed by atoms with E-state index in [0.29, 0.717) is 5.75 Å². The van der Waals surface area contributed by atoms with E-state index >= 15 is 0 Å². The molecule has 0 aromatic rings. The van der Waals surface area contributed by atoms with Gasteiger partial charge in [0, 0.05) is 0 Å². The first-order valence-corrected chi connectivity index (χ1v) is 4.47. The second-order valence-electron chi connectivity index (χ2n) is 2.80. The molecule has 0 spiro atoms. The second kappa shape index (κ2) is 5.77. The molecule has 5 heteroatoms. The first-order chi connectivity index (χ1) is 5.50. The van der Waals surface area contributed by atoms with Crippen LogP contribution in [0.4, 0.5) is 0 Å². The summed E-state index contributed by atoms with van der Waals surface area (Å²) in [7, 11) is 0. The Bertz CT molecular complexity index is 120. The number of hydrogen-bond acceptors (Lipinski definition) is 5. The molecule has 74 valence electrons. The quantitative estimate of drug-likeness (QED) is 0.357. The highest BCUT2D eigenvalue weighted by Gasteiger charge is 2.27. The summed E-state index contributed by atoms with van der Waals surface area (Å²) >= 11 is 3.86. The molecule has 0 aromatic carbocycles. The van der Waals surface area contributed by atoms with Gasteiger partial charge in [-0.15, -0.1) is 0 Å². The SMILES string of the molecule is CC(O)C(O)C(O)C(O)CCS. The van der Waals surface area contributed by atoms with Crippen molar-refractivity contribution < 1.29 is 20.4 Å². The van der Waals surface area contributed by atoms with Gasteiger partial charge in [-0.2, -0.15) is 12.6 Å². The maximum Gasteiger partial charge on any atom is 0.108 e. The monoisotopic (exact) mass is 196 g/mol. The van der Waals surface area contributed by atoms with Crippen molar-refractivity contribution in [3.8, 4) is 0 Å². The lowest BCUT2D eigenvalue weighted by molar-refractivity contribution is -0.0998. The predicted molar refractivity (Wildman–Crippen MR) is 48.2 cm³/mol. The summed E-state index contributed by atoms with van der Waals surface area (Å²) in [6.07, 6.45) is -4.41. The van der Waals surface area contributed by atoms with E-state index in [1.54, 1.807) is 0 Å². The fourth-order valence-corrected chi connectivity index (χ4v) is 1.08. The van der Waals surface area contributed by atoms with Crippen molar-refractivity contribution in [2.45, 2.75) is 37.8 Å². The van der Waals surface area contributed by atoms with Crippen LogP contribution in [0.1, 0.15) is 13.3 Å². The molecule has 0 fully saturated rings. The molecule has 0 amide bonds. The van der Waals surface area contributed by atoms with Crippen molar-refractivity contribution in [1.29, 1.82) is 0 Å². The zero-order valence-corrected chi connectivity index (χ0v) is 7.85. The lowest BCUT2D eigenvalue weighted by Crippen LogP contribution is -2.43. The largest absolute Gasteiger partial charge is 0.391 e. The number of rotatable bonds is 5. The summed E-state index contributed by atoms with van der Waals surface area (Å²) < 4.78 is 0. The Kier molecular flexibility index (Phi) is 5.86. The fourth-order valence-electron chi connectivity index (χ4n) is 0.816. The van der Waals surface area contributed by atoms with Crippen molar-refractivity contribution in [2.75, 3.05) is 5.75 Å². The van der Waals surface area contributed by atoms with Gasteiger partial charge in [0.1, 0.15) is 12.2 Å². The summed E-state index contributed by atoms with van der Waals surface area (Å²) in [5.41, 5.74) is 0. The van der Waals surface area contributed by atoms with E-state index in [1.165, 1.54) is 6.92 Å². The van der Waals surface area contributed by atoms with E-state index in [9.17, 15) is 5.11 Å². The van der Waals surface area contributed by atoms with Gasteiger partial charge in [0.05, 0.1) is 12.2 Å². The highest BCUT2D eigenvalue weighted by Crippen LogP contribution is 2.07. The van der Waals surface area contributed by atoms with Crippen molar-refractivity contribution >= 4 is 12.6 Å². The van der Waals surface area contributed by atoms with Crippen molar-refractivity contribution in [3.63, 3.8) is 0 Å². The highest BCUT2D eigenvalue weighted by atomic mass is 32.1. The molecule has 0 aliphatic carbocycles. The minimum Gasteiger partial charge on any atom is -0.391 e. The molecular weight excluding hydrogens is 180 g/mol. The Labute approximate surface area is 77.3 Å². The van der Waals surface area contributed by atoms with E-state index < -0.39 is 24.4 Å². The Hall–Kier alpha value is 0.190. The molecule has 0 aromatic heterocycles. The molecule has 0 aliphatic rings. The van der Waals surface area contributed by atoms with E-state index in [2.05, 4.69) is 12.6 Å². The standard InChI is InChI=1S/C7H16O4S/c1-4(8)6(10)7(11)5(9)2-3-12/h4-12H,2-3H2,1H3. The molecule has 4 N–H and O–H groups in total. The van der Waals surface area contributed by atoms with Gasteiger partial charge in [-0.3, -0.25) is 0 Å². The Morgan fingerprint density at radius 2 is 1.58 bits per heavy atom. The van der Waals surface area contributed by atoms with Gasteiger partial charge in [0.25, 0.3) is 0 Å². The molecule has 0 bridgehead atoms. The van der Waals surface area contributed by atoms with Gasteiger partial charge < -0.3 is 20.4 Å². The second-order valence-corrected chi connectivity index (χ2v) is 3.25.